The fraction of sp³-hybridized carbons (Fsp3) is 0.258. The number of rotatable bonds is 0. The van der Waals surface area contributed by atoms with Gasteiger partial charge >= 0.3 is 0 Å². The van der Waals surface area contributed by atoms with E-state index in [1.54, 1.807) is 5.56 Å². The minimum atomic E-state index is 1.10. The summed E-state index contributed by atoms with van der Waals surface area (Å²) in [6.45, 7) is 42.1. The fourth-order valence-electron chi connectivity index (χ4n) is 16.4. The lowest BCUT2D eigenvalue weighted by Gasteiger charge is -2.16. The first kappa shape index (κ1) is 66.3. The van der Waals surface area contributed by atoms with E-state index in [9.17, 15) is 0 Å². The van der Waals surface area contributed by atoms with Gasteiger partial charge in [-0.2, -0.15) is 0 Å². The van der Waals surface area contributed by atoms with Crippen molar-refractivity contribution in [3.05, 3.63) is 348 Å². The van der Waals surface area contributed by atoms with Crippen molar-refractivity contribution in [3.63, 3.8) is 0 Å². The molecule has 0 N–H and O–H groups in total. The molecule has 0 aromatic heterocycles. The number of fused-ring (bicyclic) bond motifs is 18. The largest absolute Gasteiger partial charge is 0.0619 e. The van der Waals surface area contributed by atoms with E-state index in [-0.39, 0.29) is 0 Å². The molecule has 0 saturated heterocycles. The lowest BCUT2D eigenvalue weighted by molar-refractivity contribution is 1.15. The zero-order chi connectivity index (χ0) is 68.6. The molecule has 12 aromatic rings. The average Bonchev–Trinajstić information content (AvgIpc) is 1.71. The highest BCUT2D eigenvalue weighted by molar-refractivity contribution is 5.85. The van der Waals surface area contributed by atoms with E-state index in [1.165, 1.54) is 234 Å². The van der Waals surface area contributed by atoms with E-state index in [0.29, 0.717) is 0 Å². The van der Waals surface area contributed by atoms with Crippen LogP contribution < -0.4 is 0 Å². The maximum absolute atomic E-state index is 2.36. The average molecular weight is 1260 g/mol. The van der Waals surface area contributed by atoms with Gasteiger partial charge in [-0.1, -0.05) is 187 Å². The molecule has 6 aliphatic carbocycles. The second kappa shape index (κ2) is 26.6. The molecule has 0 heterocycles. The van der Waals surface area contributed by atoms with Gasteiger partial charge in [0.15, 0.2) is 0 Å². The summed E-state index contributed by atoms with van der Waals surface area (Å²) in [5.74, 6) is 0. The van der Waals surface area contributed by atoms with Crippen molar-refractivity contribution in [2.75, 3.05) is 0 Å². The van der Waals surface area contributed by atoms with Crippen LogP contribution in [0.15, 0.2) is 176 Å². The Morgan fingerprint density at radius 1 is 0.165 bits per heavy atom. The molecule has 0 unspecified atom stereocenters. The maximum Gasteiger partial charge on any atom is -0.00106 e. The molecule has 97 heavy (non-hydrogen) atoms. The van der Waals surface area contributed by atoms with Crippen molar-refractivity contribution >= 4 is 0 Å². The van der Waals surface area contributed by atoms with Gasteiger partial charge in [-0.25, -0.2) is 0 Å². The highest BCUT2D eigenvalue weighted by atomic mass is 14.3. The van der Waals surface area contributed by atoms with Gasteiger partial charge in [-0.3, -0.25) is 0 Å². The van der Waals surface area contributed by atoms with Crippen LogP contribution in [0, 0.1) is 132 Å². The topological polar surface area (TPSA) is 0 Å². The van der Waals surface area contributed by atoms with Gasteiger partial charge in [-0.15, -0.1) is 0 Å². The first-order valence-electron chi connectivity index (χ1n) is 35.6. The van der Waals surface area contributed by atoms with Gasteiger partial charge in [0.2, 0.25) is 0 Å². The van der Waals surface area contributed by atoms with E-state index in [1.807, 2.05) is 0 Å². The van der Waals surface area contributed by atoms with Crippen LogP contribution in [-0.2, 0) is 38.5 Å². The van der Waals surface area contributed by atoms with Crippen LogP contribution in [-0.4, -0.2) is 0 Å². The molecule has 0 atom stereocenters. The fourth-order valence-corrected chi connectivity index (χ4v) is 16.4. The standard InChI is InChI=1S/C17H18.5C16H16/c1-10-11(2)13(4)17-15-8-6-5-7-14(15)9-16(17)12(10)3;1-10-4-5-15-13(6-10)9-14-7-11(2)12(3)8-16(14)15;1-10-4-5-13-9-14-7-11(2)12(3)8-16(14)15(13)6-10;1-10-5-4-6-14-15(10)9-13-7-11(2)12(3)8-16(13)14;1-10-5-4-6-13-9-14-7-11(2)12(3)8-15(14)16(10)13;1-10-8-14-9-13-6-4-5-7-15(13)16(14)12(3)11(10)2/h5-8H,9H2,1-4H3;5*4-8H,9H2,1-3H3. The van der Waals surface area contributed by atoms with Crippen LogP contribution in [0.2, 0.25) is 0 Å². The van der Waals surface area contributed by atoms with Gasteiger partial charge in [0, 0.05) is 0 Å². The smallest absolute Gasteiger partial charge is 0.00106 e. The van der Waals surface area contributed by atoms with Crippen molar-refractivity contribution in [1.82, 2.24) is 0 Å². The lowest BCUT2D eigenvalue weighted by Crippen LogP contribution is -1.98. The predicted octanol–water partition coefficient (Wildman–Crippen LogP) is 25.4. The minimum Gasteiger partial charge on any atom is -0.0619 e. The van der Waals surface area contributed by atoms with Gasteiger partial charge in [0.05, 0.1) is 0 Å². The van der Waals surface area contributed by atoms with Crippen LogP contribution in [0.3, 0.4) is 0 Å². The molecular formula is C97H98. The molecule has 18 rings (SSSR count). The summed E-state index contributed by atoms with van der Waals surface area (Å²) in [5.41, 5.74) is 62.3. The van der Waals surface area contributed by atoms with Crippen molar-refractivity contribution in [2.24, 2.45) is 0 Å². The molecule has 12 aromatic carbocycles. The third-order valence-corrected chi connectivity index (χ3v) is 23.2. The molecule has 0 aliphatic heterocycles. The van der Waals surface area contributed by atoms with E-state index in [4.69, 9.17) is 0 Å². The van der Waals surface area contributed by atoms with Gasteiger partial charge in [0.1, 0.15) is 0 Å². The molecule has 0 fully saturated rings. The van der Waals surface area contributed by atoms with Crippen LogP contribution in [0.5, 0.6) is 0 Å². The van der Waals surface area contributed by atoms with Crippen LogP contribution >= 0.6 is 0 Å². The van der Waals surface area contributed by atoms with Crippen molar-refractivity contribution in [1.29, 1.82) is 0 Å². The molecule has 6 aliphatic rings. The lowest BCUT2D eigenvalue weighted by atomic mass is 9.89. The summed E-state index contributed by atoms with van der Waals surface area (Å²) in [6, 6.07) is 65.6. The molecule has 0 amide bonds. The summed E-state index contributed by atoms with van der Waals surface area (Å²) in [4.78, 5) is 0. The Labute approximate surface area is 581 Å². The first-order valence-corrected chi connectivity index (χ1v) is 35.6. The monoisotopic (exact) mass is 1260 g/mol. The van der Waals surface area contributed by atoms with Crippen LogP contribution in [0.25, 0.3) is 66.8 Å². The second-order valence-electron chi connectivity index (χ2n) is 29.6. The summed E-state index contributed by atoms with van der Waals surface area (Å²) in [7, 11) is 0. The van der Waals surface area contributed by atoms with Crippen molar-refractivity contribution in [2.45, 2.75) is 170 Å². The molecule has 0 nitrogen and oxygen atoms in total. The quantitative estimate of drug-likeness (QED) is 0.142. The number of hydrogen-bond acceptors (Lipinski definition) is 0. The Hall–Kier alpha value is -9.36. The molecule has 0 saturated carbocycles. The molecule has 0 spiro atoms. The Bertz CT molecular complexity index is 5170. The van der Waals surface area contributed by atoms with Gasteiger partial charge in [0.25, 0.3) is 0 Å². The summed E-state index contributed by atoms with van der Waals surface area (Å²) >= 11 is 0. The van der Waals surface area contributed by atoms with E-state index in [0.717, 1.165) is 38.5 Å². The molecule has 486 valence electrons. The third kappa shape index (κ3) is 12.5. The molecule has 0 bridgehead atoms. The summed E-state index contributed by atoms with van der Waals surface area (Å²) in [5, 5.41) is 0. The SMILES string of the molecule is Cc1c(C)c(C)c2c(c1C)Cc1ccccc1-2.Cc1cc2c(c(C)c1C)-c1ccccc1C2.Cc1cc2c(cc1C)-c1c(C)cccc1C2.Cc1cc2c(cc1C)-c1cccc(C)c1C2.Cc1ccc2c(c1)-c1cc(C)c(C)cc1C2.Cc1ccc2c(c1)Cc1cc(C)c(C)cc1-2. The van der Waals surface area contributed by atoms with E-state index >= 15 is 0 Å². The predicted molar refractivity (Wildman–Crippen MR) is 418 cm³/mol. The van der Waals surface area contributed by atoms with E-state index < -0.39 is 0 Å². The third-order valence-electron chi connectivity index (χ3n) is 23.2. The minimum absolute atomic E-state index is 1.10. The number of benzene rings is 12. The Morgan fingerprint density at radius 3 is 1.19 bits per heavy atom. The van der Waals surface area contributed by atoms with Crippen molar-refractivity contribution < 1.29 is 0 Å². The highest BCUT2D eigenvalue weighted by Crippen LogP contribution is 2.46. The zero-order valence-corrected chi connectivity index (χ0v) is 61.5. The summed E-state index contributed by atoms with van der Waals surface area (Å²) < 4.78 is 0. The van der Waals surface area contributed by atoms with Gasteiger partial charge in [-0.05, 0) is 398 Å². The maximum atomic E-state index is 2.36. The summed E-state index contributed by atoms with van der Waals surface area (Å²) in [6.07, 6.45) is 6.64. The molecular weight excluding hydrogens is 1170 g/mol. The second-order valence-corrected chi connectivity index (χ2v) is 29.6. The first-order chi connectivity index (χ1) is 46.4. The highest BCUT2D eigenvalue weighted by Gasteiger charge is 2.27. The normalized spacial score (nSPS) is 12.4. The van der Waals surface area contributed by atoms with E-state index in [2.05, 4.69) is 307 Å². The van der Waals surface area contributed by atoms with Crippen molar-refractivity contribution in [3.8, 4) is 66.8 Å². The number of hydrogen-bond donors (Lipinski definition) is 0. The Morgan fingerprint density at radius 2 is 0.546 bits per heavy atom. The molecule has 0 radical (unpaired) electrons. The number of aryl methyl sites for hydroxylation is 13. The molecule has 0 heteroatoms. The van der Waals surface area contributed by atoms with Crippen LogP contribution in [0.1, 0.15) is 172 Å². The van der Waals surface area contributed by atoms with Crippen LogP contribution in [0.4, 0.5) is 0 Å². The Balaban J connectivity index is 0.000000105. The van der Waals surface area contributed by atoms with Gasteiger partial charge < -0.3 is 0 Å². The Kier molecular flexibility index (Phi) is 18.2. The zero-order valence-electron chi connectivity index (χ0n) is 61.5.